The van der Waals surface area contributed by atoms with E-state index >= 15 is 0 Å². The topological polar surface area (TPSA) is 466 Å². The van der Waals surface area contributed by atoms with Gasteiger partial charge in [-0.25, -0.2) is 67.1 Å². The molecule has 4 rings (SSSR count). The van der Waals surface area contributed by atoms with Crippen molar-refractivity contribution in [1.29, 1.82) is 0 Å². The van der Waals surface area contributed by atoms with Crippen LogP contribution in [0.2, 0.25) is 0 Å². The van der Waals surface area contributed by atoms with Gasteiger partial charge in [0.05, 0.1) is 56.7 Å². The van der Waals surface area contributed by atoms with Crippen molar-refractivity contribution < 1.29 is 159 Å². The molecule has 0 bridgehead atoms. The Labute approximate surface area is 692 Å². The van der Waals surface area contributed by atoms with Crippen LogP contribution in [-0.2, 0) is 99.9 Å². The summed E-state index contributed by atoms with van der Waals surface area (Å²) < 4.78 is 71.5. The smallest absolute Gasteiger partial charge is 0.339 e. The van der Waals surface area contributed by atoms with Crippen molar-refractivity contribution in [3.8, 4) is 22.3 Å². The summed E-state index contributed by atoms with van der Waals surface area (Å²) in [5, 5.41) is 41.1. The monoisotopic (exact) mass is 1670 g/mol. The summed E-state index contributed by atoms with van der Waals surface area (Å²) in [6.45, 7) is 37.4. The van der Waals surface area contributed by atoms with Gasteiger partial charge in [-0.05, 0) is 151 Å². The molecule has 0 aliphatic heterocycles. The zero-order chi connectivity index (χ0) is 90.2. The molecule has 4 atom stereocenters. The average Bonchev–Trinajstić information content (AvgIpc) is 0.795. The first kappa shape index (κ1) is 101. The van der Waals surface area contributed by atoms with E-state index in [9.17, 15) is 92.3 Å². The van der Waals surface area contributed by atoms with Crippen LogP contribution >= 0.6 is 0 Å². The second kappa shape index (κ2) is 51.0. The number of esters is 14. The van der Waals surface area contributed by atoms with Gasteiger partial charge in [0.15, 0.2) is 5.78 Å². The molecule has 0 radical (unpaired) electrons. The minimum Gasteiger partial charge on any atom is -0.459 e. The summed E-state index contributed by atoms with van der Waals surface area (Å²) in [6.07, 6.45) is -4.61. The summed E-state index contributed by atoms with van der Waals surface area (Å²) in [7, 11) is 0. The van der Waals surface area contributed by atoms with Crippen molar-refractivity contribution in [3.05, 3.63) is 227 Å². The first-order chi connectivity index (χ1) is 56.4. The molecular formula is C87H98O33. The zero-order valence-electron chi connectivity index (χ0n) is 68.0. The van der Waals surface area contributed by atoms with Gasteiger partial charge in [0.2, 0.25) is 0 Å². The highest BCUT2D eigenvalue weighted by molar-refractivity contribution is 6.08. The van der Waals surface area contributed by atoms with E-state index in [0.717, 1.165) is 11.1 Å². The number of allylic oxidation sites excluding steroid dienone is 3. The standard InChI is InChI=1S/C44H50O16.C43H48O17/c1-25(2)29(9)10-13-32(45)22-59-41(50)34-14-11-30(20-36(34)43(52)56-18-16-54-38(47)26(3)4)31-12-15-35(42(51)60-24-33(46)23-58-40(49)28(7)8)37(21-31)44(53)57-19-17-55-39(48)27(5)6;1-24(2)36(46)14-11-30(44)21-59-40(50)32-12-9-28(19-34(32)42(52)56-17-15-54-37(47)25(3)4)29-10-13-33(41(51)60-23-31(45)22-58-39(49)27(7)8)35(20-29)43(53)57-18-16-55-38(48)26(5)6/h11-12,14-15,20-21,32-33,45-46H,1,3,5,7,9-10,13,16-19,22-24H2,2,4,6,8H3;9-10,12-13,19-20,30-31,44-45H,1,3,5,7,11,14-18,21-23H2,2,4,6,8H3. The van der Waals surface area contributed by atoms with Gasteiger partial charge >= 0.3 is 83.6 Å². The normalized spacial score (nSPS) is 11.4. The van der Waals surface area contributed by atoms with Crippen LogP contribution in [0, 0.1) is 0 Å². The van der Waals surface area contributed by atoms with Crippen LogP contribution in [0.15, 0.2) is 182 Å². The Morgan fingerprint density at radius 1 is 0.242 bits per heavy atom. The number of aliphatic hydroxyl groups is 4. The molecule has 644 valence electrons. The van der Waals surface area contributed by atoms with Crippen LogP contribution in [-0.4, -0.2) is 227 Å². The molecule has 0 saturated heterocycles. The average molecular weight is 1670 g/mol. The van der Waals surface area contributed by atoms with Gasteiger partial charge in [-0.1, -0.05) is 94.6 Å². The molecule has 33 nitrogen and oxygen atoms in total. The van der Waals surface area contributed by atoms with Crippen LogP contribution in [0.4, 0.5) is 0 Å². The quantitative estimate of drug-likeness (QED) is 0.0105. The number of aliphatic hydroxyl groups excluding tert-OH is 4. The molecule has 4 unspecified atom stereocenters. The van der Waals surface area contributed by atoms with Crippen molar-refractivity contribution >= 4 is 89.4 Å². The number of ether oxygens (including phenoxy) is 14. The summed E-state index contributed by atoms with van der Waals surface area (Å²) in [5.41, 5.74) is 0.665. The van der Waals surface area contributed by atoms with Crippen molar-refractivity contribution in [2.45, 2.75) is 105 Å². The van der Waals surface area contributed by atoms with E-state index in [1.807, 2.05) is 0 Å². The van der Waals surface area contributed by atoms with Crippen molar-refractivity contribution in [2.75, 3.05) is 92.5 Å². The second-order valence-corrected chi connectivity index (χ2v) is 26.7. The molecule has 120 heavy (non-hydrogen) atoms. The summed E-state index contributed by atoms with van der Waals surface area (Å²) in [4.78, 5) is 189. The fourth-order valence-corrected chi connectivity index (χ4v) is 9.08. The van der Waals surface area contributed by atoms with Crippen LogP contribution < -0.4 is 0 Å². The molecule has 0 aliphatic rings. The molecule has 4 aromatic carbocycles. The summed E-state index contributed by atoms with van der Waals surface area (Å²) >= 11 is 0. The van der Waals surface area contributed by atoms with Crippen molar-refractivity contribution in [1.82, 2.24) is 0 Å². The lowest BCUT2D eigenvalue weighted by atomic mass is 9.95. The molecule has 0 aromatic heterocycles. The molecule has 0 saturated carbocycles. The maximum Gasteiger partial charge on any atom is 0.339 e. The third kappa shape index (κ3) is 35.2. The molecule has 33 heteroatoms. The number of hydrogen-bond donors (Lipinski definition) is 4. The Morgan fingerprint density at radius 2 is 0.442 bits per heavy atom. The molecule has 0 heterocycles. The largest absolute Gasteiger partial charge is 0.459 e. The van der Waals surface area contributed by atoms with E-state index in [2.05, 4.69) is 59.2 Å². The molecule has 4 aromatic rings. The number of ketones is 1. The van der Waals surface area contributed by atoms with E-state index in [4.69, 9.17) is 66.3 Å². The van der Waals surface area contributed by atoms with Crippen molar-refractivity contribution in [2.24, 2.45) is 0 Å². The lowest BCUT2D eigenvalue weighted by molar-refractivity contribution is -0.143. The Balaban J connectivity index is 0.000000620. The van der Waals surface area contributed by atoms with Crippen LogP contribution in [0.3, 0.4) is 0 Å². The number of carbonyl (C=O) groups excluding carboxylic acids is 15. The lowest BCUT2D eigenvalue weighted by Crippen LogP contribution is -2.26. The lowest BCUT2D eigenvalue weighted by Gasteiger charge is -2.16. The minimum absolute atomic E-state index is 0.0326. The highest BCUT2D eigenvalue weighted by Gasteiger charge is 2.29. The van der Waals surface area contributed by atoms with E-state index in [-0.39, 0.29) is 152 Å². The third-order valence-electron chi connectivity index (χ3n) is 15.8. The molecule has 0 amide bonds. The zero-order valence-corrected chi connectivity index (χ0v) is 68.0. The van der Waals surface area contributed by atoms with E-state index in [1.165, 1.54) is 121 Å². The predicted molar refractivity (Wildman–Crippen MR) is 427 cm³/mol. The Morgan fingerprint density at radius 3 is 0.667 bits per heavy atom. The summed E-state index contributed by atoms with van der Waals surface area (Å²) in [6, 6.07) is 15.4. The molecule has 4 N–H and O–H groups in total. The first-order valence-electron chi connectivity index (χ1n) is 36.6. The highest BCUT2D eigenvalue weighted by Crippen LogP contribution is 2.30. The molecular weight excluding hydrogens is 1570 g/mol. The second-order valence-electron chi connectivity index (χ2n) is 26.7. The Hall–Kier alpha value is -13.4. The van der Waals surface area contributed by atoms with E-state index in [1.54, 1.807) is 6.92 Å². The number of rotatable bonds is 48. The third-order valence-corrected chi connectivity index (χ3v) is 15.8. The van der Waals surface area contributed by atoms with Gasteiger partial charge < -0.3 is 86.7 Å². The highest BCUT2D eigenvalue weighted by atomic mass is 16.6. The number of hydrogen-bond acceptors (Lipinski definition) is 33. The summed E-state index contributed by atoms with van der Waals surface area (Å²) in [5.74, 6) is -13.1. The van der Waals surface area contributed by atoms with Gasteiger partial charge in [0.1, 0.15) is 105 Å². The van der Waals surface area contributed by atoms with Gasteiger partial charge in [-0.2, -0.15) is 0 Å². The molecule has 0 spiro atoms. The molecule has 0 fully saturated rings. The molecule has 0 aliphatic carbocycles. The van der Waals surface area contributed by atoms with E-state index < -0.39 is 174 Å². The number of benzene rings is 4. The Bertz CT molecular complexity index is 4050. The van der Waals surface area contributed by atoms with Crippen molar-refractivity contribution in [3.63, 3.8) is 0 Å². The first-order valence-corrected chi connectivity index (χ1v) is 36.6. The van der Waals surface area contributed by atoms with Gasteiger partial charge in [0, 0.05) is 39.9 Å². The van der Waals surface area contributed by atoms with Gasteiger partial charge in [-0.15, -0.1) is 0 Å². The van der Waals surface area contributed by atoms with Crippen LogP contribution in [0.25, 0.3) is 22.3 Å². The minimum atomic E-state index is -1.44. The maximum atomic E-state index is 13.4. The number of Topliss-reactive ketones (excluding diaryl/α,β-unsaturated/α-hetero) is 1. The SMILES string of the molecule is C=C(C)C(=C)CCC(O)COC(=O)c1ccc(-c2ccc(C(=O)OCC(O)COC(=O)C(=C)C)c(C(=O)OCCOC(=O)C(=C)C)c2)cc1C(=O)OCCOC(=O)C(=C)C.C=C(C)C(=O)CCC(O)COC(=O)c1ccc(-c2ccc(C(=O)OCC(O)COC(=O)C(=C)C)c(C(=O)OCCOC(=O)C(=C)C)c2)cc1C(=O)OCCOC(=O)C(=C)C. The van der Waals surface area contributed by atoms with E-state index in [0.29, 0.717) is 12.0 Å². The fraction of sp³-hybridized carbons (Fsp3) is 0.345. The van der Waals surface area contributed by atoms with Gasteiger partial charge in [-0.3, -0.25) is 4.79 Å². The predicted octanol–water partition coefficient (Wildman–Crippen LogP) is 8.96. The maximum absolute atomic E-state index is 13.4. The Kier molecular flexibility index (Phi) is 42.8. The van der Waals surface area contributed by atoms with Crippen LogP contribution in [0.1, 0.15) is 164 Å². The number of carbonyl (C=O) groups is 15. The fourth-order valence-electron chi connectivity index (χ4n) is 9.08. The van der Waals surface area contributed by atoms with Crippen LogP contribution in [0.5, 0.6) is 0 Å². The van der Waals surface area contributed by atoms with Gasteiger partial charge in [0.25, 0.3) is 0 Å².